The lowest BCUT2D eigenvalue weighted by molar-refractivity contribution is -0.137. The molecule has 26 heavy (non-hydrogen) atoms. The van der Waals surface area contributed by atoms with Gasteiger partial charge in [0.15, 0.2) is 0 Å². The first-order valence-electron chi connectivity index (χ1n) is 10.6. The van der Waals surface area contributed by atoms with Crippen LogP contribution in [0.5, 0.6) is 0 Å². The van der Waals surface area contributed by atoms with Gasteiger partial charge in [-0.1, -0.05) is 25.7 Å². The molecule has 0 N–H and O–H groups in total. The van der Waals surface area contributed by atoms with E-state index in [1.807, 2.05) is 6.20 Å². The van der Waals surface area contributed by atoms with Crippen LogP contribution in [-0.4, -0.2) is 59.0 Å². The molecule has 0 spiro atoms. The van der Waals surface area contributed by atoms with Crippen LogP contribution in [0.4, 0.5) is 0 Å². The van der Waals surface area contributed by atoms with E-state index in [1.54, 1.807) is 0 Å². The molecule has 0 radical (unpaired) electrons. The summed E-state index contributed by atoms with van der Waals surface area (Å²) >= 11 is 0. The Morgan fingerprint density at radius 3 is 2.65 bits per heavy atom. The number of likely N-dealkylation sites (tertiary alicyclic amines) is 1. The quantitative estimate of drug-likeness (QED) is 0.729. The Balaban J connectivity index is 1.59. The van der Waals surface area contributed by atoms with Gasteiger partial charge in [-0.3, -0.25) is 4.79 Å². The average molecular weight is 361 g/mol. The highest BCUT2D eigenvalue weighted by Gasteiger charge is 2.31. The summed E-state index contributed by atoms with van der Waals surface area (Å²) in [5.74, 6) is 2.27. The number of aromatic nitrogens is 2. The Hall–Kier alpha value is -1.36. The van der Waals surface area contributed by atoms with Crippen molar-refractivity contribution in [2.75, 3.05) is 33.7 Å². The molecule has 1 aromatic heterocycles. The number of imidazole rings is 1. The summed E-state index contributed by atoms with van der Waals surface area (Å²) in [6, 6.07) is 0. The molecule has 3 rings (SSSR count). The fourth-order valence-electron chi connectivity index (χ4n) is 4.60. The first-order chi connectivity index (χ1) is 12.6. The van der Waals surface area contributed by atoms with Crippen molar-refractivity contribution in [3.05, 3.63) is 18.2 Å². The van der Waals surface area contributed by atoms with Crippen LogP contribution in [0.2, 0.25) is 0 Å². The minimum Gasteiger partial charge on any atom is -0.342 e. The fraction of sp³-hybridized carbons (Fsp3) is 0.810. The maximum absolute atomic E-state index is 13.0. The van der Waals surface area contributed by atoms with E-state index < -0.39 is 0 Å². The molecule has 5 nitrogen and oxygen atoms in total. The third kappa shape index (κ3) is 5.09. The average Bonchev–Trinajstić information content (AvgIpc) is 2.94. The van der Waals surface area contributed by atoms with Crippen LogP contribution in [0.25, 0.3) is 0 Å². The van der Waals surface area contributed by atoms with E-state index in [9.17, 15) is 4.79 Å². The molecule has 0 bridgehead atoms. The van der Waals surface area contributed by atoms with E-state index in [0.717, 1.165) is 58.3 Å². The standard InChI is InChI=1S/C21H36N4O/c1-23(2)13-8-15-24-16-12-22-20(24)19-11-7-14-25(17-19)21(26)18-9-5-3-4-6-10-18/h12,16,18-19H,3-11,13-15,17H2,1-2H3/t19-/m1/s1. The van der Waals surface area contributed by atoms with Crippen LogP contribution in [-0.2, 0) is 11.3 Å². The lowest BCUT2D eigenvalue weighted by Gasteiger charge is -2.35. The SMILES string of the molecule is CN(C)CCCn1ccnc1[C@@H]1CCCN(C(=O)C2CCCCCC2)C1. The maximum atomic E-state index is 13.0. The van der Waals surface area contributed by atoms with Crippen LogP contribution < -0.4 is 0 Å². The summed E-state index contributed by atoms with van der Waals surface area (Å²) in [4.78, 5) is 22.1. The Morgan fingerprint density at radius 1 is 1.15 bits per heavy atom. The number of hydrogen-bond acceptors (Lipinski definition) is 3. The summed E-state index contributed by atoms with van der Waals surface area (Å²) in [5, 5.41) is 0. The van der Waals surface area contributed by atoms with Crippen LogP contribution in [0.3, 0.4) is 0 Å². The number of carbonyl (C=O) groups is 1. The molecular formula is C21H36N4O. The van der Waals surface area contributed by atoms with Crippen molar-refractivity contribution >= 4 is 5.91 Å². The molecule has 1 saturated carbocycles. The van der Waals surface area contributed by atoms with E-state index in [-0.39, 0.29) is 5.92 Å². The molecule has 146 valence electrons. The number of hydrogen-bond donors (Lipinski definition) is 0. The Bertz CT molecular complexity index is 560. The van der Waals surface area contributed by atoms with Crippen molar-refractivity contribution in [3.8, 4) is 0 Å². The summed E-state index contributed by atoms with van der Waals surface area (Å²) in [6.45, 7) is 3.91. The third-order valence-electron chi connectivity index (χ3n) is 6.05. The second kappa shape index (κ2) is 9.54. The van der Waals surface area contributed by atoms with Crippen molar-refractivity contribution in [1.82, 2.24) is 19.4 Å². The maximum Gasteiger partial charge on any atom is 0.225 e. The second-order valence-corrected chi connectivity index (χ2v) is 8.45. The molecule has 1 saturated heterocycles. The molecule has 1 atom stereocenters. The van der Waals surface area contributed by atoms with Gasteiger partial charge >= 0.3 is 0 Å². The van der Waals surface area contributed by atoms with Gasteiger partial charge in [0.2, 0.25) is 5.91 Å². The molecule has 1 aliphatic heterocycles. The normalized spacial score (nSPS) is 22.6. The minimum absolute atomic E-state index is 0.274. The lowest BCUT2D eigenvalue weighted by atomic mass is 9.93. The highest BCUT2D eigenvalue weighted by molar-refractivity contribution is 5.79. The highest BCUT2D eigenvalue weighted by Crippen LogP contribution is 2.30. The van der Waals surface area contributed by atoms with E-state index in [0.29, 0.717) is 11.8 Å². The molecular weight excluding hydrogens is 324 g/mol. The van der Waals surface area contributed by atoms with Gasteiger partial charge in [-0.2, -0.15) is 0 Å². The van der Waals surface area contributed by atoms with E-state index >= 15 is 0 Å². The monoisotopic (exact) mass is 360 g/mol. The summed E-state index contributed by atoms with van der Waals surface area (Å²) in [5.41, 5.74) is 0. The Morgan fingerprint density at radius 2 is 1.92 bits per heavy atom. The number of rotatable bonds is 6. The van der Waals surface area contributed by atoms with Gasteiger partial charge in [0.05, 0.1) is 0 Å². The fourth-order valence-corrected chi connectivity index (χ4v) is 4.60. The van der Waals surface area contributed by atoms with Gasteiger partial charge in [0.25, 0.3) is 0 Å². The molecule has 0 aromatic carbocycles. The predicted octanol–water partition coefficient (Wildman–Crippen LogP) is 3.51. The van der Waals surface area contributed by atoms with Crippen molar-refractivity contribution in [3.63, 3.8) is 0 Å². The van der Waals surface area contributed by atoms with Crippen LogP contribution in [0.15, 0.2) is 12.4 Å². The topological polar surface area (TPSA) is 41.4 Å². The molecule has 2 heterocycles. The number of piperidine rings is 1. The minimum atomic E-state index is 0.274. The van der Waals surface area contributed by atoms with E-state index in [2.05, 4.69) is 39.6 Å². The zero-order valence-electron chi connectivity index (χ0n) is 16.7. The zero-order chi connectivity index (χ0) is 18.4. The van der Waals surface area contributed by atoms with E-state index in [1.165, 1.54) is 31.5 Å². The molecule has 1 aliphatic carbocycles. The lowest BCUT2D eigenvalue weighted by Crippen LogP contribution is -2.42. The smallest absolute Gasteiger partial charge is 0.225 e. The van der Waals surface area contributed by atoms with E-state index in [4.69, 9.17) is 0 Å². The number of amides is 1. The first-order valence-corrected chi connectivity index (χ1v) is 10.6. The van der Waals surface area contributed by atoms with Gasteiger partial charge in [-0.25, -0.2) is 4.98 Å². The number of aryl methyl sites for hydroxylation is 1. The van der Waals surface area contributed by atoms with Gasteiger partial charge in [0.1, 0.15) is 5.82 Å². The Kier molecular flexibility index (Phi) is 7.12. The number of nitrogens with zero attached hydrogens (tertiary/aromatic N) is 4. The molecule has 2 aliphatic rings. The molecule has 2 fully saturated rings. The Labute approximate surface area is 158 Å². The van der Waals surface area contributed by atoms with Crippen molar-refractivity contribution in [2.45, 2.75) is 70.3 Å². The van der Waals surface area contributed by atoms with Crippen molar-refractivity contribution < 1.29 is 4.79 Å². The summed E-state index contributed by atoms with van der Waals surface area (Å²) in [6.07, 6.45) is 14.7. The van der Waals surface area contributed by atoms with Gasteiger partial charge in [0, 0.05) is 43.9 Å². The van der Waals surface area contributed by atoms with Crippen LogP contribution in [0.1, 0.15) is 69.5 Å². The molecule has 1 amide bonds. The first kappa shape index (κ1) is 19.4. The largest absolute Gasteiger partial charge is 0.342 e. The molecule has 5 heteroatoms. The van der Waals surface area contributed by atoms with Crippen LogP contribution in [0, 0.1) is 5.92 Å². The van der Waals surface area contributed by atoms with Crippen LogP contribution >= 0.6 is 0 Å². The van der Waals surface area contributed by atoms with Crippen molar-refractivity contribution in [2.24, 2.45) is 5.92 Å². The second-order valence-electron chi connectivity index (χ2n) is 8.45. The van der Waals surface area contributed by atoms with Crippen molar-refractivity contribution in [1.29, 1.82) is 0 Å². The number of carbonyl (C=O) groups excluding carboxylic acids is 1. The third-order valence-corrected chi connectivity index (χ3v) is 6.05. The van der Waals surface area contributed by atoms with Gasteiger partial charge in [-0.05, 0) is 52.7 Å². The summed E-state index contributed by atoms with van der Waals surface area (Å²) in [7, 11) is 4.24. The predicted molar refractivity (Wildman–Crippen MR) is 105 cm³/mol. The zero-order valence-corrected chi connectivity index (χ0v) is 16.7. The van der Waals surface area contributed by atoms with Gasteiger partial charge in [-0.15, -0.1) is 0 Å². The highest BCUT2D eigenvalue weighted by atomic mass is 16.2. The molecule has 0 unspecified atom stereocenters. The summed E-state index contributed by atoms with van der Waals surface area (Å²) < 4.78 is 2.31. The molecule has 1 aromatic rings. The van der Waals surface area contributed by atoms with Gasteiger partial charge < -0.3 is 14.4 Å².